The Bertz CT molecular complexity index is 219. The summed E-state index contributed by atoms with van der Waals surface area (Å²) in [6, 6.07) is 3.09. The zero-order chi connectivity index (χ0) is 10.5. The van der Waals surface area contributed by atoms with Crippen LogP contribution in [0, 0.1) is 23.2 Å². The number of hydrogen-bond acceptors (Lipinski definition) is 2. The lowest BCUT2D eigenvalue weighted by atomic mass is 9.82. The fourth-order valence-electron chi connectivity index (χ4n) is 2.70. The molecular weight excluding hydrogens is 184 g/mol. The van der Waals surface area contributed by atoms with E-state index < -0.39 is 0 Å². The van der Waals surface area contributed by atoms with E-state index in [1.807, 2.05) is 0 Å². The number of nitrogens with one attached hydrogen (secondary N) is 1. The molecule has 2 saturated carbocycles. The van der Waals surface area contributed by atoms with Crippen molar-refractivity contribution in [1.29, 1.82) is 5.26 Å². The van der Waals surface area contributed by atoms with Crippen molar-refractivity contribution >= 4 is 0 Å². The standard InChI is InChI=1S/C13H22N2/c14-10-12-4-6-13(7-5-12)15-9-8-11-2-1-3-11/h11-13,15H,1-9H2. The molecule has 2 fully saturated rings. The van der Waals surface area contributed by atoms with Crippen molar-refractivity contribution < 1.29 is 0 Å². The first-order valence-electron chi connectivity index (χ1n) is 6.51. The number of nitrogens with zero attached hydrogens (tertiary/aromatic N) is 1. The van der Waals surface area contributed by atoms with Gasteiger partial charge in [-0.1, -0.05) is 19.3 Å². The lowest BCUT2D eigenvalue weighted by Crippen LogP contribution is -2.34. The van der Waals surface area contributed by atoms with E-state index in [0.29, 0.717) is 12.0 Å². The Balaban J connectivity index is 1.54. The summed E-state index contributed by atoms with van der Waals surface area (Å²) in [4.78, 5) is 0. The summed E-state index contributed by atoms with van der Waals surface area (Å²) in [6.07, 6.45) is 10.4. The van der Waals surface area contributed by atoms with E-state index in [2.05, 4.69) is 11.4 Å². The second-order valence-electron chi connectivity index (χ2n) is 5.22. The van der Waals surface area contributed by atoms with Crippen LogP contribution >= 0.6 is 0 Å². The predicted molar refractivity (Wildman–Crippen MR) is 61.3 cm³/mol. The molecule has 0 heterocycles. The smallest absolute Gasteiger partial charge is 0.0655 e. The Morgan fingerprint density at radius 1 is 1.07 bits per heavy atom. The second kappa shape index (κ2) is 5.51. The van der Waals surface area contributed by atoms with E-state index in [4.69, 9.17) is 5.26 Å². The summed E-state index contributed by atoms with van der Waals surface area (Å²) in [7, 11) is 0. The molecule has 0 aliphatic heterocycles. The van der Waals surface area contributed by atoms with Gasteiger partial charge in [0.05, 0.1) is 6.07 Å². The molecule has 2 aliphatic carbocycles. The topological polar surface area (TPSA) is 35.8 Å². The molecule has 2 heteroatoms. The Morgan fingerprint density at radius 2 is 1.80 bits per heavy atom. The average Bonchev–Trinajstić information content (AvgIpc) is 2.23. The normalized spacial score (nSPS) is 31.9. The monoisotopic (exact) mass is 206 g/mol. The van der Waals surface area contributed by atoms with Gasteiger partial charge in [0.25, 0.3) is 0 Å². The minimum atomic E-state index is 0.342. The second-order valence-corrected chi connectivity index (χ2v) is 5.22. The highest BCUT2D eigenvalue weighted by Crippen LogP contribution is 2.29. The molecule has 0 unspecified atom stereocenters. The van der Waals surface area contributed by atoms with E-state index in [1.165, 1.54) is 45.1 Å². The van der Waals surface area contributed by atoms with Crippen LogP contribution in [0.4, 0.5) is 0 Å². The third kappa shape index (κ3) is 3.21. The molecule has 0 spiro atoms. The lowest BCUT2D eigenvalue weighted by Gasteiger charge is -2.29. The summed E-state index contributed by atoms with van der Waals surface area (Å²) < 4.78 is 0. The first-order chi connectivity index (χ1) is 7.38. The van der Waals surface area contributed by atoms with Crippen LogP contribution in [0.1, 0.15) is 51.4 Å². The third-order valence-corrected chi connectivity index (χ3v) is 4.12. The Kier molecular flexibility index (Phi) is 4.02. The average molecular weight is 206 g/mol. The minimum Gasteiger partial charge on any atom is -0.314 e. The van der Waals surface area contributed by atoms with Crippen LogP contribution in [0.5, 0.6) is 0 Å². The summed E-state index contributed by atoms with van der Waals surface area (Å²) in [5.41, 5.74) is 0. The maximum absolute atomic E-state index is 8.80. The van der Waals surface area contributed by atoms with Gasteiger partial charge in [0.2, 0.25) is 0 Å². The van der Waals surface area contributed by atoms with Gasteiger partial charge in [0.15, 0.2) is 0 Å². The molecule has 0 atom stereocenters. The zero-order valence-corrected chi connectivity index (χ0v) is 9.54. The first-order valence-corrected chi connectivity index (χ1v) is 6.51. The van der Waals surface area contributed by atoms with Crippen molar-refractivity contribution in [3.05, 3.63) is 0 Å². The molecule has 0 aromatic carbocycles. The molecule has 2 nitrogen and oxygen atoms in total. The molecule has 0 aromatic rings. The van der Waals surface area contributed by atoms with E-state index in [-0.39, 0.29) is 0 Å². The Labute approximate surface area is 93.0 Å². The van der Waals surface area contributed by atoms with E-state index in [1.54, 1.807) is 0 Å². The van der Waals surface area contributed by atoms with Gasteiger partial charge in [0, 0.05) is 12.0 Å². The van der Waals surface area contributed by atoms with Crippen molar-refractivity contribution in [3.8, 4) is 6.07 Å². The number of rotatable bonds is 4. The highest BCUT2D eigenvalue weighted by Gasteiger charge is 2.21. The fourth-order valence-corrected chi connectivity index (χ4v) is 2.70. The molecule has 0 radical (unpaired) electrons. The van der Waals surface area contributed by atoms with Crippen molar-refractivity contribution in [3.63, 3.8) is 0 Å². The summed E-state index contributed by atoms with van der Waals surface area (Å²) in [5, 5.41) is 12.5. The molecule has 0 amide bonds. The molecule has 0 saturated heterocycles. The maximum atomic E-state index is 8.80. The van der Waals surface area contributed by atoms with Crippen LogP contribution in [-0.2, 0) is 0 Å². The van der Waals surface area contributed by atoms with Gasteiger partial charge in [-0.15, -0.1) is 0 Å². The summed E-state index contributed by atoms with van der Waals surface area (Å²) in [6.45, 7) is 1.20. The number of nitriles is 1. The van der Waals surface area contributed by atoms with Crippen LogP contribution in [-0.4, -0.2) is 12.6 Å². The van der Waals surface area contributed by atoms with Gasteiger partial charge >= 0.3 is 0 Å². The van der Waals surface area contributed by atoms with Crippen LogP contribution in [0.3, 0.4) is 0 Å². The molecule has 0 bridgehead atoms. The van der Waals surface area contributed by atoms with E-state index in [0.717, 1.165) is 18.8 Å². The Morgan fingerprint density at radius 3 is 2.33 bits per heavy atom. The van der Waals surface area contributed by atoms with Gasteiger partial charge in [-0.2, -0.15) is 5.26 Å². The molecule has 2 aliphatic rings. The van der Waals surface area contributed by atoms with Gasteiger partial charge in [0.1, 0.15) is 0 Å². The van der Waals surface area contributed by atoms with Crippen LogP contribution < -0.4 is 5.32 Å². The molecular formula is C13H22N2. The molecule has 84 valence electrons. The number of hydrogen-bond donors (Lipinski definition) is 1. The largest absolute Gasteiger partial charge is 0.314 e. The van der Waals surface area contributed by atoms with Crippen LogP contribution in [0.15, 0.2) is 0 Å². The maximum Gasteiger partial charge on any atom is 0.0655 e. The van der Waals surface area contributed by atoms with Crippen molar-refractivity contribution in [2.75, 3.05) is 6.54 Å². The minimum absolute atomic E-state index is 0.342. The van der Waals surface area contributed by atoms with Crippen molar-refractivity contribution in [2.24, 2.45) is 11.8 Å². The van der Waals surface area contributed by atoms with Gasteiger partial charge in [-0.25, -0.2) is 0 Å². The fraction of sp³-hybridized carbons (Fsp3) is 0.923. The molecule has 2 rings (SSSR count). The molecule has 15 heavy (non-hydrogen) atoms. The van der Waals surface area contributed by atoms with Crippen LogP contribution in [0.25, 0.3) is 0 Å². The summed E-state index contributed by atoms with van der Waals surface area (Å²) >= 11 is 0. The highest BCUT2D eigenvalue weighted by molar-refractivity contribution is 4.89. The highest BCUT2D eigenvalue weighted by atomic mass is 14.9. The predicted octanol–water partition coefficient (Wildman–Crippen LogP) is 2.85. The van der Waals surface area contributed by atoms with Crippen molar-refractivity contribution in [1.82, 2.24) is 5.32 Å². The molecule has 0 aromatic heterocycles. The lowest BCUT2D eigenvalue weighted by molar-refractivity contribution is 0.272. The molecule has 1 N–H and O–H groups in total. The van der Waals surface area contributed by atoms with Crippen molar-refractivity contribution in [2.45, 2.75) is 57.4 Å². The quantitative estimate of drug-likeness (QED) is 0.767. The van der Waals surface area contributed by atoms with E-state index >= 15 is 0 Å². The summed E-state index contributed by atoms with van der Waals surface area (Å²) in [5.74, 6) is 1.36. The third-order valence-electron chi connectivity index (χ3n) is 4.12. The van der Waals surface area contributed by atoms with Gasteiger partial charge < -0.3 is 5.32 Å². The van der Waals surface area contributed by atoms with Crippen LogP contribution in [0.2, 0.25) is 0 Å². The van der Waals surface area contributed by atoms with Gasteiger partial charge in [-0.3, -0.25) is 0 Å². The Hall–Kier alpha value is -0.550. The van der Waals surface area contributed by atoms with Gasteiger partial charge in [-0.05, 0) is 44.6 Å². The first kappa shape index (κ1) is 11.0. The van der Waals surface area contributed by atoms with E-state index in [9.17, 15) is 0 Å². The SMILES string of the molecule is N#CC1CCC(NCCC2CCC2)CC1. The zero-order valence-electron chi connectivity index (χ0n) is 9.54.